The number of nitrogens with zero attached hydrogens (tertiary/aromatic N) is 2. The Morgan fingerprint density at radius 2 is 1.60 bits per heavy atom. The maximum atomic E-state index is 11.8. The highest BCUT2D eigenvalue weighted by atomic mass is 16.6. The van der Waals surface area contributed by atoms with Gasteiger partial charge in [-0.3, -0.25) is 10.1 Å². The van der Waals surface area contributed by atoms with Gasteiger partial charge in [-0.15, -0.1) is 0 Å². The molecule has 0 spiro atoms. The van der Waals surface area contributed by atoms with Crippen molar-refractivity contribution in [1.29, 1.82) is 0 Å². The number of para-hydroxylation sites is 1. The summed E-state index contributed by atoms with van der Waals surface area (Å²) in [7, 11) is 0. The van der Waals surface area contributed by atoms with E-state index in [4.69, 9.17) is 0 Å². The van der Waals surface area contributed by atoms with Gasteiger partial charge in [-0.1, -0.05) is 42.5 Å². The monoisotopic (exact) mass is 270 g/mol. The number of hydrogen-bond acceptors (Lipinski definition) is 3. The number of nitro benzene ring substituents is 1. The third-order valence-corrected chi connectivity index (χ3v) is 2.88. The van der Waals surface area contributed by atoms with Crippen molar-refractivity contribution in [2.45, 2.75) is 6.42 Å². The minimum atomic E-state index is -0.489. The van der Waals surface area contributed by atoms with E-state index < -0.39 is 4.92 Å². The number of benzene rings is 2. The number of nitro groups is 1. The van der Waals surface area contributed by atoms with Crippen molar-refractivity contribution in [3.05, 3.63) is 81.0 Å². The molecule has 0 aliphatic carbocycles. The standard InChI is InChI=1S/C15H14N2O3/c18-16(11-10-13-6-2-1-3-7-13)12-14-8-4-5-9-15(14)17(19)20/h1-9,12H,10-11H2/b16-12+. The van der Waals surface area contributed by atoms with E-state index in [1.54, 1.807) is 18.2 Å². The molecule has 0 amide bonds. The Hall–Kier alpha value is -2.69. The molecular formula is C15H14N2O3. The maximum Gasteiger partial charge on any atom is 0.282 e. The van der Waals surface area contributed by atoms with E-state index in [0.717, 1.165) is 10.3 Å². The fourth-order valence-corrected chi connectivity index (χ4v) is 1.87. The summed E-state index contributed by atoms with van der Waals surface area (Å²) < 4.78 is 0.731. The molecule has 2 rings (SSSR count). The normalized spacial score (nSPS) is 11.3. The number of hydroxylamine groups is 1. The lowest BCUT2D eigenvalue weighted by Crippen LogP contribution is -2.11. The van der Waals surface area contributed by atoms with Gasteiger partial charge in [-0.25, -0.2) is 4.74 Å². The minimum absolute atomic E-state index is 0.0620. The van der Waals surface area contributed by atoms with E-state index in [9.17, 15) is 15.3 Å². The predicted octanol–water partition coefficient (Wildman–Crippen LogP) is 2.77. The summed E-state index contributed by atoms with van der Waals surface area (Å²) in [5, 5.41) is 22.6. The van der Waals surface area contributed by atoms with Crippen molar-refractivity contribution in [2.24, 2.45) is 0 Å². The summed E-state index contributed by atoms with van der Waals surface area (Å²) >= 11 is 0. The Kier molecular flexibility index (Phi) is 4.44. The minimum Gasteiger partial charge on any atom is -0.624 e. The molecule has 0 aromatic heterocycles. The average molecular weight is 270 g/mol. The van der Waals surface area contributed by atoms with Crippen LogP contribution in [-0.2, 0) is 6.42 Å². The Labute approximate surface area is 116 Å². The first kappa shape index (κ1) is 13.7. The SMILES string of the molecule is O=[N+]([O-])c1ccccc1/C=[N+](/[O-])CCc1ccccc1. The van der Waals surface area contributed by atoms with Crippen LogP contribution in [0.25, 0.3) is 0 Å². The average Bonchev–Trinajstić information content (AvgIpc) is 2.46. The molecule has 0 aliphatic rings. The zero-order valence-corrected chi connectivity index (χ0v) is 10.8. The second-order valence-corrected chi connectivity index (χ2v) is 4.32. The van der Waals surface area contributed by atoms with Crippen molar-refractivity contribution in [3.63, 3.8) is 0 Å². The predicted molar refractivity (Wildman–Crippen MR) is 76.9 cm³/mol. The van der Waals surface area contributed by atoms with Gasteiger partial charge in [0, 0.05) is 12.5 Å². The van der Waals surface area contributed by atoms with Crippen molar-refractivity contribution in [1.82, 2.24) is 0 Å². The molecule has 0 saturated carbocycles. The highest BCUT2D eigenvalue weighted by Crippen LogP contribution is 2.15. The maximum absolute atomic E-state index is 11.8. The number of rotatable bonds is 5. The van der Waals surface area contributed by atoms with E-state index in [1.165, 1.54) is 12.3 Å². The van der Waals surface area contributed by atoms with Crippen LogP contribution in [0.5, 0.6) is 0 Å². The second kappa shape index (κ2) is 6.47. The lowest BCUT2D eigenvalue weighted by Gasteiger charge is -2.04. The fraction of sp³-hybridized carbons (Fsp3) is 0.133. The summed E-state index contributed by atoms with van der Waals surface area (Å²) in [5.74, 6) is 0. The third-order valence-electron chi connectivity index (χ3n) is 2.88. The molecule has 0 fully saturated rings. The van der Waals surface area contributed by atoms with Gasteiger partial charge in [-0.05, 0) is 11.6 Å². The van der Waals surface area contributed by atoms with E-state index in [0.29, 0.717) is 12.0 Å². The quantitative estimate of drug-likeness (QED) is 0.276. The van der Waals surface area contributed by atoms with Gasteiger partial charge >= 0.3 is 0 Å². The van der Waals surface area contributed by atoms with Crippen molar-refractivity contribution >= 4 is 11.9 Å². The van der Waals surface area contributed by atoms with Gasteiger partial charge in [0.2, 0.25) is 0 Å². The molecule has 0 aliphatic heterocycles. The summed E-state index contributed by atoms with van der Waals surface area (Å²) in [4.78, 5) is 10.4. The van der Waals surface area contributed by atoms with E-state index >= 15 is 0 Å². The summed E-state index contributed by atoms with van der Waals surface area (Å²) in [5.41, 5.74) is 1.32. The van der Waals surface area contributed by atoms with Gasteiger partial charge in [-0.2, -0.15) is 0 Å². The molecule has 102 valence electrons. The molecule has 0 saturated heterocycles. The molecule has 0 N–H and O–H groups in total. The van der Waals surface area contributed by atoms with Crippen LogP contribution in [0, 0.1) is 15.3 Å². The molecule has 5 nitrogen and oxygen atoms in total. The van der Waals surface area contributed by atoms with Crippen LogP contribution in [-0.4, -0.2) is 22.4 Å². The highest BCUT2D eigenvalue weighted by Gasteiger charge is 2.13. The number of hydrogen-bond donors (Lipinski definition) is 0. The van der Waals surface area contributed by atoms with Gasteiger partial charge in [0.25, 0.3) is 5.69 Å². The molecule has 5 heteroatoms. The van der Waals surface area contributed by atoms with Crippen LogP contribution in [0.15, 0.2) is 54.6 Å². The summed E-state index contributed by atoms with van der Waals surface area (Å²) in [6.07, 6.45) is 1.86. The largest absolute Gasteiger partial charge is 0.624 e. The Balaban J connectivity index is 2.09. The molecule has 0 heterocycles. The van der Waals surface area contributed by atoms with Crippen molar-refractivity contribution in [2.75, 3.05) is 6.54 Å². The van der Waals surface area contributed by atoms with Crippen molar-refractivity contribution in [3.8, 4) is 0 Å². The lowest BCUT2D eigenvalue weighted by molar-refractivity contribution is -0.452. The zero-order valence-electron chi connectivity index (χ0n) is 10.8. The Bertz CT molecular complexity index is 624. The first-order valence-electron chi connectivity index (χ1n) is 6.23. The first-order valence-corrected chi connectivity index (χ1v) is 6.23. The Morgan fingerprint density at radius 3 is 2.30 bits per heavy atom. The van der Waals surface area contributed by atoms with Crippen LogP contribution in [0.2, 0.25) is 0 Å². The second-order valence-electron chi connectivity index (χ2n) is 4.32. The van der Waals surface area contributed by atoms with Crippen LogP contribution >= 0.6 is 0 Å². The highest BCUT2D eigenvalue weighted by molar-refractivity contribution is 5.81. The van der Waals surface area contributed by atoms with Gasteiger partial charge < -0.3 is 5.21 Å². The van der Waals surface area contributed by atoms with Gasteiger partial charge in [0.05, 0.1) is 4.92 Å². The summed E-state index contributed by atoms with van der Waals surface area (Å²) in [6, 6.07) is 15.8. The smallest absolute Gasteiger partial charge is 0.282 e. The summed E-state index contributed by atoms with van der Waals surface area (Å²) in [6.45, 7) is 0.260. The van der Waals surface area contributed by atoms with E-state index in [1.807, 2.05) is 30.3 Å². The van der Waals surface area contributed by atoms with Crippen LogP contribution in [0.3, 0.4) is 0 Å². The van der Waals surface area contributed by atoms with Gasteiger partial charge in [0.1, 0.15) is 5.56 Å². The van der Waals surface area contributed by atoms with Gasteiger partial charge in [0.15, 0.2) is 12.8 Å². The Morgan fingerprint density at radius 1 is 0.950 bits per heavy atom. The molecule has 0 radical (unpaired) electrons. The lowest BCUT2D eigenvalue weighted by atomic mass is 10.1. The van der Waals surface area contributed by atoms with Crippen LogP contribution < -0.4 is 0 Å². The van der Waals surface area contributed by atoms with E-state index in [2.05, 4.69) is 0 Å². The fourth-order valence-electron chi connectivity index (χ4n) is 1.87. The molecule has 20 heavy (non-hydrogen) atoms. The van der Waals surface area contributed by atoms with Crippen LogP contribution in [0.1, 0.15) is 11.1 Å². The third kappa shape index (κ3) is 3.65. The molecule has 0 atom stereocenters. The molecule has 2 aromatic rings. The van der Waals surface area contributed by atoms with E-state index in [-0.39, 0.29) is 12.2 Å². The molecule has 2 aromatic carbocycles. The van der Waals surface area contributed by atoms with Crippen LogP contribution in [0.4, 0.5) is 5.69 Å². The molecular weight excluding hydrogens is 256 g/mol. The molecule has 0 bridgehead atoms. The van der Waals surface area contributed by atoms with Crippen molar-refractivity contribution < 1.29 is 9.66 Å². The molecule has 0 unspecified atom stereocenters. The topological polar surface area (TPSA) is 69.2 Å². The first-order chi connectivity index (χ1) is 9.66. The zero-order chi connectivity index (χ0) is 14.4.